The summed E-state index contributed by atoms with van der Waals surface area (Å²) in [5.74, 6) is 1.34. The Morgan fingerprint density at radius 3 is 2.89 bits per heavy atom. The van der Waals surface area contributed by atoms with Gasteiger partial charge in [0.15, 0.2) is 17.4 Å². The number of carbonyl (C=O) groups is 1. The summed E-state index contributed by atoms with van der Waals surface area (Å²) in [6.45, 7) is 1.35. The van der Waals surface area contributed by atoms with E-state index in [0.29, 0.717) is 12.5 Å². The number of amides is 1. The van der Waals surface area contributed by atoms with Gasteiger partial charge in [-0.25, -0.2) is 0 Å². The van der Waals surface area contributed by atoms with E-state index in [-0.39, 0.29) is 12.5 Å². The first-order valence-electron chi connectivity index (χ1n) is 8.87. The van der Waals surface area contributed by atoms with E-state index in [4.69, 9.17) is 0 Å². The lowest BCUT2D eigenvalue weighted by atomic mass is 10.2. The molecule has 3 heterocycles. The zero-order valence-corrected chi connectivity index (χ0v) is 15.1. The van der Waals surface area contributed by atoms with E-state index in [0.717, 1.165) is 30.1 Å². The monoisotopic (exact) mass is 363 g/mol. The van der Waals surface area contributed by atoms with Crippen molar-refractivity contribution in [1.82, 2.24) is 25.2 Å². The molecule has 4 rings (SSSR count). The Labute approximate surface area is 156 Å². The highest BCUT2D eigenvalue weighted by Gasteiger charge is 2.23. The van der Waals surface area contributed by atoms with Crippen molar-refractivity contribution in [2.24, 2.45) is 4.99 Å². The largest absolute Gasteiger partial charge is 0.349 e. The molecule has 0 unspecified atom stereocenters. The van der Waals surface area contributed by atoms with Crippen molar-refractivity contribution in [2.45, 2.75) is 13.0 Å². The minimum Gasteiger partial charge on any atom is -0.349 e. The van der Waals surface area contributed by atoms with E-state index in [1.54, 1.807) is 7.05 Å². The van der Waals surface area contributed by atoms with Crippen LogP contribution in [-0.2, 0) is 17.8 Å². The number of para-hydroxylation sites is 1. The minimum atomic E-state index is 0.0239. The van der Waals surface area contributed by atoms with Gasteiger partial charge >= 0.3 is 0 Å². The number of rotatable bonds is 4. The van der Waals surface area contributed by atoms with Crippen LogP contribution in [0.2, 0.25) is 0 Å². The Bertz CT molecular complexity index is 994. The quantitative estimate of drug-likeness (QED) is 0.533. The molecule has 0 saturated heterocycles. The molecule has 8 heteroatoms. The summed E-state index contributed by atoms with van der Waals surface area (Å²) in [4.78, 5) is 18.6. The van der Waals surface area contributed by atoms with Gasteiger partial charge in [0.25, 0.3) is 0 Å². The average Bonchev–Trinajstić information content (AvgIpc) is 3.32. The van der Waals surface area contributed by atoms with Crippen molar-refractivity contribution in [3.05, 3.63) is 60.0 Å². The third-order valence-electron chi connectivity index (χ3n) is 4.62. The molecule has 0 fully saturated rings. The predicted octanol–water partition coefficient (Wildman–Crippen LogP) is 0.984. The first-order chi connectivity index (χ1) is 13.3. The summed E-state index contributed by atoms with van der Waals surface area (Å²) in [5.41, 5.74) is 3.01. The Kier molecular flexibility index (Phi) is 4.69. The lowest BCUT2D eigenvalue weighted by Crippen LogP contribution is -2.44. The van der Waals surface area contributed by atoms with Crippen LogP contribution >= 0.6 is 0 Å². The number of carbonyl (C=O) groups excluding carboxylic acids is 1. The molecule has 0 spiro atoms. The van der Waals surface area contributed by atoms with Gasteiger partial charge in [-0.3, -0.25) is 14.2 Å². The number of aromatic nitrogens is 3. The molecule has 8 nitrogen and oxygen atoms in total. The van der Waals surface area contributed by atoms with E-state index in [1.807, 2.05) is 51.9 Å². The fourth-order valence-electron chi connectivity index (χ4n) is 3.25. The van der Waals surface area contributed by atoms with Gasteiger partial charge in [0.05, 0.1) is 13.1 Å². The molecule has 1 aromatic carbocycles. The number of aliphatic imine (C=N–C) groups is 1. The molecule has 27 heavy (non-hydrogen) atoms. The molecule has 2 N–H and O–H groups in total. The number of nitrogens with one attached hydrogen (secondary N) is 2. The standard InChI is InChI=1S/C19H21N7O/c1-20-19(21-12-17-24-23-16-8-4-5-10-26(16)17)22-13-18(27)25-11-9-14-6-2-3-7-15(14)25/h2-8,10H,9,11-13H2,1H3,(H2,20,21,22). The first-order valence-corrected chi connectivity index (χ1v) is 8.87. The number of nitrogens with zero attached hydrogens (tertiary/aromatic N) is 5. The van der Waals surface area contributed by atoms with Crippen LogP contribution in [0.15, 0.2) is 53.7 Å². The molecular weight excluding hydrogens is 342 g/mol. The van der Waals surface area contributed by atoms with Crippen LogP contribution in [0.1, 0.15) is 11.4 Å². The maximum Gasteiger partial charge on any atom is 0.246 e. The van der Waals surface area contributed by atoms with E-state index in [9.17, 15) is 4.79 Å². The molecular formula is C19H21N7O. The van der Waals surface area contributed by atoms with Gasteiger partial charge in [-0.1, -0.05) is 24.3 Å². The Morgan fingerprint density at radius 2 is 2.00 bits per heavy atom. The number of hydrogen-bond acceptors (Lipinski definition) is 4. The summed E-state index contributed by atoms with van der Waals surface area (Å²) in [5, 5.41) is 14.6. The zero-order valence-electron chi connectivity index (χ0n) is 15.1. The summed E-state index contributed by atoms with van der Waals surface area (Å²) < 4.78 is 1.91. The van der Waals surface area contributed by atoms with Gasteiger partial charge in [0, 0.05) is 25.5 Å². The zero-order chi connectivity index (χ0) is 18.6. The Morgan fingerprint density at radius 1 is 1.15 bits per heavy atom. The highest BCUT2D eigenvalue weighted by Crippen LogP contribution is 2.27. The molecule has 0 atom stereocenters. The van der Waals surface area contributed by atoms with Gasteiger partial charge < -0.3 is 15.5 Å². The molecule has 0 saturated carbocycles. The fraction of sp³-hybridized carbons (Fsp3) is 0.263. The second-order valence-corrected chi connectivity index (χ2v) is 6.25. The molecule has 0 radical (unpaired) electrons. The van der Waals surface area contributed by atoms with E-state index in [2.05, 4.69) is 31.9 Å². The molecule has 1 aliphatic rings. The second kappa shape index (κ2) is 7.45. The third-order valence-corrected chi connectivity index (χ3v) is 4.62. The summed E-state index contributed by atoms with van der Waals surface area (Å²) in [7, 11) is 1.67. The molecule has 3 aromatic rings. The number of fused-ring (bicyclic) bond motifs is 2. The maximum absolute atomic E-state index is 12.6. The summed E-state index contributed by atoms with van der Waals surface area (Å²) in [6.07, 6.45) is 2.81. The van der Waals surface area contributed by atoms with Gasteiger partial charge in [-0.2, -0.15) is 0 Å². The minimum absolute atomic E-state index is 0.0239. The SMILES string of the molecule is CN=C(NCC(=O)N1CCc2ccccc21)NCc1nnc2ccccn12. The van der Waals surface area contributed by atoms with Gasteiger partial charge in [-0.15, -0.1) is 10.2 Å². The average molecular weight is 363 g/mol. The van der Waals surface area contributed by atoms with Gasteiger partial charge in [0.1, 0.15) is 0 Å². The highest BCUT2D eigenvalue weighted by molar-refractivity contribution is 5.98. The molecule has 138 valence electrons. The molecule has 0 bridgehead atoms. The maximum atomic E-state index is 12.6. The highest BCUT2D eigenvalue weighted by atomic mass is 16.2. The Hall–Kier alpha value is -3.42. The smallest absolute Gasteiger partial charge is 0.246 e. The van der Waals surface area contributed by atoms with Crippen LogP contribution in [-0.4, -0.2) is 46.6 Å². The lowest BCUT2D eigenvalue weighted by Gasteiger charge is -2.18. The van der Waals surface area contributed by atoms with Crippen molar-refractivity contribution in [3.63, 3.8) is 0 Å². The van der Waals surface area contributed by atoms with E-state index < -0.39 is 0 Å². The normalized spacial score (nSPS) is 13.7. The van der Waals surface area contributed by atoms with Crippen LogP contribution < -0.4 is 15.5 Å². The van der Waals surface area contributed by atoms with Crippen molar-refractivity contribution in [2.75, 3.05) is 25.0 Å². The third kappa shape index (κ3) is 3.46. The topological polar surface area (TPSA) is 86.9 Å². The van der Waals surface area contributed by atoms with Crippen LogP contribution in [0.4, 0.5) is 5.69 Å². The van der Waals surface area contributed by atoms with Crippen LogP contribution in [0.3, 0.4) is 0 Å². The Balaban J connectivity index is 1.34. The van der Waals surface area contributed by atoms with Crippen LogP contribution in [0.5, 0.6) is 0 Å². The van der Waals surface area contributed by atoms with Crippen molar-refractivity contribution in [3.8, 4) is 0 Å². The van der Waals surface area contributed by atoms with Crippen molar-refractivity contribution < 1.29 is 4.79 Å². The number of pyridine rings is 1. The number of anilines is 1. The lowest BCUT2D eigenvalue weighted by molar-refractivity contribution is -0.117. The summed E-state index contributed by atoms with van der Waals surface area (Å²) in [6, 6.07) is 13.8. The molecule has 1 amide bonds. The number of guanidine groups is 1. The van der Waals surface area contributed by atoms with Crippen molar-refractivity contribution in [1.29, 1.82) is 0 Å². The van der Waals surface area contributed by atoms with Crippen LogP contribution in [0, 0.1) is 0 Å². The molecule has 2 aromatic heterocycles. The van der Waals surface area contributed by atoms with Crippen molar-refractivity contribution >= 4 is 23.2 Å². The molecule has 1 aliphatic heterocycles. The second-order valence-electron chi connectivity index (χ2n) is 6.25. The van der Waals surface area contributed by atoms with Crippen LogP contribution in [0.25, 0.3) is 5.65 Å². The summed E-state index contributed by atoms with van der Waals surface area (Å²) >= 11 is 0. The van der Waals surface area contributed by atoms with E-state index in [1.165, 1.54) is 5.56 Å². The number of hydrogen-bond donors (Lipinski definition) is 2. The first kappa shape index (κ1) is 17.0. The predicted molar refractivity (Wildman–Crippen MR) is 104 cm³/mol. The molecule has 0 aliphatic carbocycles. The van der Waals surface area contributed by atoms with E-state index >= 15 is 0 Å². The fourth-order valence-corrected chi connectivity index (χ4v) is 3.25. The van der Waals surface area contributed by atoms with Gasteiger partial charge in [0.2, 0.25) is 5.91 Å². The number of benzene rings is 1. The van der Waals surface area contributed by atoms with Gasteiger partial charge in [-0.05, 0) is 30.2 Å².